The number of anilines is 1. The Balaban J connectivity index is 2.19. The zero-order valence-corrected chi connectivity index (χ0v) is 11.1. The van der Waals surface area contributed by atoms with Crippen LogP contribution >= 0.6 is 0 Å². The van der Waals surface area contributed by atoms with Gasteiger partial charge in [-0.05, 0) is 36.4 Å². The molecule has 112 valence electrons. The Morgan fingerprint density at radius 2 is 1.81 bits per heavy atom. The number of hydrogen-bond acceptors (Lipinski definition) is 4. The highest BCUT2D eigenvalue weighted by Gasteiger charge is 2.20. The van der Waals surface area contributed by atoms with Crippen molar-refractivity contribution >= 4 is 15.7 Å². The van der Waals surface area contributed by atoms with E-state index in [1.807, 2.05) is 0 Å². The van der Waals surface area contributed by atoms with E-state index in [4.69, 9.17) is 0 Å². The molecular weight excluding hydrogens is 309 g/mol. The summed E-state index contributed by atoms with van der Waals surface area (Å²) in [6.45, 7) is -2.98. The van der Waals surface area contributed by atoms with Crippen molar-refractivity contribution < 1.29 is 26.3 Å². The Bertz CT molecular complexity index is 721. The van der Waals surface area contributed by atoms with Crippen LogP contribution in [0.4, 0.5) is 18.9 Å². The van der Waals surface area contributed by atoms with Crippen molar-refractivity contribution in [2.75, 3.05) is 4.72 Å². The predicted molar refractivity (Wildman–Crippen MR) is 68.1 cm³/mol. The minimum Gasteiger partial charge on any atom is -0.435 e. The van der Waals surface area contributed by atoms with Gasteiger partial charge >= 0.3 is 6.61 Å². The molecule has 0 aliphatic rings. The quantitative estimate of drug-likeness (QED) is 0.920. The van der Waals surface area contributed by atoms with Crippen LogP contribution in [0, 0.1) is 5.82 Å². The Morgan fingerprint density at radius 1 is 1.14 bits per heavy atom. The first kappa shape index (κ1) is 15.1. The third kappa shape index (κ3) is 3.85. The van der Waals surface area contributed by atoms with Crippen molar-refractivity contribution in [3.05, 3.63) is 48.4 Å². The lowest BCUT2D eigenvalue weighted by atomic mass is 10.3. The van der Waals surface area contributed by atoms with Crippen molar-refractivity contribution in [3.63, 3.8) is 0 Å². The second kappa shape index (κ2) is 6.00. The van der Waals surface area contributed by atoms with Gasteiger partial charge in [0.1, 0.15) is 5.75 Å². The Kier molecular flexibility index (Phi) is 4.32. The molecule has 0 saturated heterocycles. The third-order valence-corrected chi connectivity index (χ3v) is 3.62. The van der Waals surface area contributed by atoms with E-state index in [-0.39, 0.29) is 11.4 Å². The van der Waals surface area contributed by atoms with Crippen LogP contribution < -0.4 is 9.46 Å². The summed E-state index contributed by atoms with van der Waals surface area (Å²) in [6.07, 6.45) is 1.14. The van der Waals surface area contributed by atoms with Gasteiger partial charge in [0.05, 0.1) is 0 Å². The minimum atomic E-state index is -4.20. The molecule has 1 heterocycles. The highest BCUT2D eigenvalue weighted by atomic mass is 32.2. The normalized spacial score (nSPS) is 11.4. The topological polar surface area (TPSA) is 68.3 Å². The van der Waals surface area contributed by atoms with Crippen LogP contribution in [-0.2, 0) is 10.0 Å². The molecule has 0 radical (unpaired) electrons. The minimum absolute atomic E-state index is 0.0571. The fourth-order valence-corrected chi connectivity index (χ4v) is 2.54. The van der Waals surface area contributed by atoms with E-state index in [1.54, 1.807) is 0 Å². The van der Waals surface area contributed by atoms with E-state index >= 15 is 0 Å². The van der Waals surface area contributed by atoms with E-state index in [0.717, 1.165) is 24.4 Å². The highest BCUT2D eigenvalue weighted by molar-refractivity contribution is 7.92. The summed E-state index contributed by atoms with van der Waals surface area (Å²) >= 11 is 0. The van der Waals surface area contributed by atoms with Gasteiger partial charge in [-0.1, -0.05) is 0 Å². The molecule has 1 aromatic carbocycles. The summed E-state index contributed by atoms with van der Waals surface area (Å²) in [7, 11) is -4.20. The number of hydrogen-bond donors (Lipinski definition) is 1. The molecule has 1 N–H and O–H groups in total. The fourth-order valence-electron chi connectivity index (χ4n) is 1.48. The largest absolute Gasteiger partial charge is 0.435 e. The maximum atomic E-state index is 13.4. The molecule has 1 aromatic heterocycles. The summed E-state index contributed by atoms with van der Waals surface area (Å²) in [5, 5.41) is -0.752. The standard InChI is InChI=1S/C12H9F3N2O3S/c13-10-2-1-7-16-11(10)21(18,19)17-8-3-5-9(6-4-8)20-12(14)15/h1-7,12,17H. The monoisotopic (exact) mass is 318 g/mol. The molecule has 0 bridgehead atoms. The number of alkyl halides is 2. The zero-order chi connectivity index (χ0) is 15.5. The van der Waals surface area contributed by atoms with Crippen molar-refractivity contribution in [2.24, 2.45) is 0 Å². The number of pyridine rings is 1. The van der Waals surface area contributed by atoms with Gasteiger partial charge in [0.2, 0.25) is 5.03 Å². The number of nitrogens with zero attached hydrogens (tertiary/aromatic N) is 1. The molecule has 0 fully saturated rings. The van der Waals surface area contributed by atoms with Gasteiger partial charge in [0, 0.05) is 11.9 Å². The summed E-state index contributed by atoms with van der Waals surface area (Å²) in [6, 6.07) is 6.93. The summed E-state index contributed by atoms with van der Waals surface area (Å²) in [4.78, 5) is 3.45. The van der Waals surface area contributed by atoms with Gasteiger partial charge in [-0.2, -0.15) is 17.2 Å². The Hall–Kier alpha value is -2.29. The SMILES string of the molecule is O=S(=O)(Nc1ccc(OC(F)F)cc1)c1ncccc1F. The van der Waals surface area contributed by atoms with Crippen LogP contribution in [0.1, 0.15) is 0 Å². The summed E-state index contributed by atoms with van der Waals surface area (Å²) in [5.41, 5.74) is 0.0571. The first-order valence-electron chi connectivity index (χ1n) is 5.57. The van der Waals surface area contributed by atoms with Crippen molar-refractivity contribution in [1.82, 2.24) is 4.98 Å². The van der Waals surface area contributed by atoms with Crippen LogP contribution in [-0.4, -0.2) is 20.0 Å². The molecule has 2 rings (SSSR count). The van der Waals surface area contributed by atoms with E-state index in [1.165, 1.54) is 18.2 Å². The predicted octanol–water partition coefficient (Wildman–Crippen LogP) is 2.62. The molecule has 0 unspecified atom stereocenters. The molecule has 9 heteroatoms. The average molecular weight is 318 g/mol. The molecule has 0 atom stereocenters. The van der Waals surface area contributed by atoms with Gasteiger partial charge in [-0.3, -0.25) is 4.72 Å². The first-order chi connectivity index (χ1) is 9.88. The number of rotatable bonds is 5. The molecular formula is C12H9F3N2O3S. The highest BCUT2D eigenvalue weighted by Crippen LogP contribution is 2.20. The number of nitrogens with one attached hydrogen (secondary N) is 1. The molecule has 0 spiro atoms. The van der Waals surface area contributed by atoms with Crippen molar-refractivity contribution in [2.45, 2.75) is 11.6 Å². The molecule has 0 aliphatic heterocycles. The zero-order valence-electron chi connectivity index (χ0n) is 10.3. The van der Waals surface area contributed by atoms with Gasteiger partial charge < -0.3 is 4.74 Å². The van der Waals surface area contributed by atoms with Crippen molar-refractivity contribution in [3.8, 4) is 5.75 Å². The van der Waals surface area contributed by atoms with Gasteiger partial charge in [-0.25, -0.2) is 9.37 Å². The van der Waals surface area contributed by atoms with Crippen LogP contribution in [0.3, 0.4) is 0 Å². The maximum Gasteiger partial charge on any atom is 0.387 e. The molecule has 21 heavy (non-hydrogen) atoms. The Labute approximate surface area is 118 Å². The fraction of sp³-hybridized carbons (Fsp3) is 0.0833. The average Bonchev–Trinajstić information content (AvgIpc) is 2.40. The lowest BCUT2D eigenvalue weighted by molar-refractivity contribution is -0.0498. The maximum absolute atomic E-state index is 13.4. The van der Waals surface area contributed by atoms with E-state index in [0.29, 0.717) is 0 Å². The smallest absolute Gasteiger partial charge is 0.387 e. The Morgan fingerprint density at radius 3 is 2.38 bits per heavy atom. The number of sulfonamides is 1. The third-order valence-electron chi connectivity index (χ3n) is 2.31. The van der Waals surface area contributed by atoms with Gasteiger partial charge in [0.25, 0.3) is 10.0 Å². The lowest BCUT2D eigenvalue weighted by Crippen LogP contribution is -2.16. The summed E-state index contributed by atoms with van der Waals surface area (Å²) < 4.78 is 67.4. The van der Waals surface area contributed by atoms with E-state index < -0.39 is 27.5 Å². The van der Waals surface area contributed by atoms with Crippen LogP contribution in [0.2, 0.25) is 0 Å². The summed E-state index contributed by atoms with van der Waals surface area (Å²) in [5.74, 6) is -1.13. The van der Waals surface area contributed by atoms with Crippen LogP contribution in [0.25, 0.3) is 0 Å². The molecule has 0 amide bonds. The van der Waals surface area contributed by atoms with Gasteiger partial charge in [0.15, 0.2) is 5.82 Å². The number of ether oxygens (including phenoxy) is 1. The van der Waals surface area contributed by atoms with Crippen LogP contribution in [0.5, 0.6) is 5.75 Å². The van der Waals surface area contributed by atoms with Crippen LogP contribution in [0.15, 0.2) is 47.6 Å². The lowest BCUT2D eigenvalue weighted by Gasteiger charge is -2.09. The van der Waals surface area contributed by atoms with E-state index in [9.17, 15) is 21.6 Å². The molecule has 0 aliphatic carbocycles. The number of benzene rings is 1. The number of aromatic nitrogens is 1. The van der Waals surface area contributed by atoms with Crippen molar-refractivity contribution in [1.29, 1.82) is 0 Å². The second-order valence-corrected chi connectivity index (χ2v) is 5.40. The molecule has 0 saturated carbocycles. The molecule has 2 aromatic rings. The van der Waals surface area contributed by atoms with Gasteiger partial charge in [-0.15, -0.1) is 0 Å². The number of halogens is 3. The second-order valence-electron chi connectivity index (χ2n) is 3.80. The van der Waals surface area contributed by atoms with E-state index in [2.05, 4.69) is 14.4 Å². The molecule has 5 nitrogen and oxygen atoms in total. The first-order valence-corrected chi connectivity index (χ1v) is 7.05.